The van der Waals surface area contributed by atoms with Crippen LogP contribution in [0.5, 0.6) is 0 Å². The molecule has 28 heavy (non-hydrogen) atoms. The Bertz CT molecular complexity index is 1110. The normalized spacial score (nSPS) is 11.1. The maximum absolute atomic E-state index is 12.5. The molecule has 3 rings (SSSR count). The minimum atomic E-state index is -3.85. The SMILES string of the molecule is Cc1cc(C)nc(NS(=O)(=O)c2ccc(NC(=O)c3ccccc3Br)cc2)n1. The molecule has 0 saturated carbocycles. The van der Waals surface area contributed by atoms with Crippen LogP contribution in [-0.2, 0) is 10.0 Å². The molecule has 3 aromatic rings. The summed E-state index contributed by atoms with van der Waals surface area (Å²) in [7, 11) is -3.85. The van der Waals surface area contributed by atoms with Crippen molar-refractivity contribution in [1.29, 1.82) is 0 Å². The van der Waals surface area contributed by atoms with E-state index in [2.05, 4.69) is 35.9 Å². The number of benzene rings is 2. The Morgan fingerprint density at radius 1 is 0.964 bits per heavy atom. The highest BCUT2D eigenvalue weighted by atomic mass is 79.9. The van der Waals surface area contributed by atoms with Crippen LogP contribution in [0.1, 0.15) is 21.7 Å². The van der Waals surface area contributed by atoms with Crippen LogP contribution >= 0.6 is 15.9 Å². The highest BCUT2D eigenvalue weighted by molar-refractivity contribution is 9.10. The number of halogens is 1. The number of anilines is 2. The predicted octanol–water partition coefficient (Wildman–Crippen LogP) is 3.91. The monoisotopic (exact) mass is 460 g/mol. The van der Waals surface area contributed by atoms with E-state index in [1.807, 2.05) is 6.07 Å². The van der Waals surface area contributed by atoms with E-state index in [1.54, 1.807) is 38.1 Å². The number of amides is 1. The van der Waals surface area contributed by atoms with Gasteiger partial charge in [-0.25, -0.2) is 23.1 Å². The Balaban J connectivity index is 1.76. The van der Waals surface area contributed by atoms with Crippen LogP contribution in [0.2, 0.25) is 0 Å². The first-order chi connectivity index (χ1) is 13.2. The van der Waals surface area contributed by atoms with Gasteiger partial charge in [0.25, 0.3) is 15.9 Å². The fourth-order valence-corrected chi connectivity index (χ4v) is 3.92. The lowest BCUT2D eigenvalue weighted by atomic mass is 10.2. The smallest absolute Gasteiger partial charge is 0.264 e. The molecule has 0 aliphatic rings. The summed E-state index contributed by atoms with van der Waals surface area (Å²) in [4.78, 5) is 20.5. The number of aryl methyl sites for hydroxylation is 2. The summed E-state index contributed by atoms with van der Waals surface area (Å²) in [5, 5.41) is 2.73. The van der Waals surface area contributed by atoms with Gasteiger partial charge in [0, 0.05) is 21.5 Å². The van der Waals surface area contributed by atoms with Gasteiger partial charge in [-0.05, 0) is 72.2 Å². The quantitative estimate of drug-likeness (QED) is 0.600. The van der Waals surface area contributed by atoms with Crippen LogP contribution < -0.4 is 10.0 Å². The van der Waals surface area contributed by atoms with E-state index in [1.165, 1.54) is 24.3 Å². The Labute approximate surface area is 171 Å². The van der Waals surface area contributed by atoms with E-state index in [9.17, 15) is 13.2 Å². The molecule has 0 unspecified atom stereocenters. The third-order valence-corrected chi connectivity index (χ3v) is 5.78. The summed E-state index contributed by atoms with van der Waals surface area (Å²) in [6.45, 7) is 3.52. The van der Waals surface area contributed by atoms with E-state index in [0.717, 1.165) is 0 Å². The number of aromatic nitrogens is 2. The third-order valence-electron chi connectivity index (χ3n) is 3.75. The van der Waals surface area contributed by atoms with Crippen LogP contribution in [0.3, 0.4) is 0 Å². The zero-order valence-corrected chi connectivity index (χ0v) is 17.5. The molecule has 0 spiro atoms. The first-order valence-electron chi connectivity index (χ1n) is 8.26. The summed E-state index contributed by atoms with van der Waals surface area (Å²) < 4.78 is 28.1. The van der Waals surface area contributed by atoms with E-state index < -0.39 is 10.0 Å². The number of nitrogens with one attached hydrogen (secondary N) is 2. The zero-order chi connectivity index (χ0) is 20.3. The second-order valence-corrected chi connectivity index (χ2v) is 8.57. The minimum absolute atomic E-state index is 0.0174. The van der Waals surface area contributed by atoms with Gasteiger partial charge in [0.05, 0.1) is 10.5 Å². The molecule has 0 aliphatic heterocycles. The lowest BCUT2D eigenvalue weighted by Crippen LogP contribution is -2.16. The number of carbonyl (C=O) groups is 1. The summed E-state index contributed by atoms with van der Waals surface area (Å²) >= 11 is 3.33. The second-order valence-electron chi connectivity index (χ2n) is 6.04. The van der Waals surface area contributed by atoms with E-state index >= 15 is 0 Å². The van der Waals surface area contributed by atoms with Gasteiger partial charge in [-0.3, -0.25) is 4.79 Å². The molecule has 0 saturated heterocycles. The van der Waals surface area contributed by atoms with Crippen molar-refractivity contribution in [2.75, 3.05) is 10.0 Å². The van der Waals surface area contributed by atoms with Crippen LogP contribution in [0.25, 0.3) is 0 Å². The molecular formula is C19H17BrN4O3S. The molecular weight excluding hydrogens is 444 g/mol. The second kappa shape index (κ2) is 8.07. The number of rotatable bonds is 5. The van der Waals surface area contributed by atoms with Crippen LogP contribution in [0.15, 0.2) is 64.0 Å². The topological polar surface area (TPSA) is 101 Å². The van der Waals surface area contributed by atoms with Crippen molar-refractivity contribution >= 4 is 43.5 Å². The highest BCUT2D eigenvalue weighted by Crippen LogP contribution is 2.20. The van der Waals surface area contributed by atoms with Crippen molar-refractivity contribution < 1.29 is 13.2 Å². The minimum Gasteiger partial charge on any atom is -0.322 e. The van der Waals surface area contributed by atoms with Crippen LogP contribution in [0, 0.1) is 13.8 Å². The van der Waals surface area contributed by atoms with Crippen molar-refractivity contribution in [3.05, 3.63) is 76.0 Å². The molecule has 0 aliphatic carbocycles. The molecule has 2 aromatic carbocycles. The molecule has 1 amide bonds. The number of carbonyl (C=O) groups excluding carboxylic acids is 1. The summed E-state index contributed by atoms with van der Waals surface area (Å²) in [6.07, 6.45) is 0. The molecule has 0 fully saturated rings. The van der Waals surface area contributed by atoms with Crippen molar-refractivity contribution in [3.8, 4) is 0 Å². The van der Waals surface area contributed by atoms with Gasteiger partial charge in [-0.1, -0.05) is 12.1 Å². The van der Waals surface area contributed by atoms with Gasteiger partial charge < -0.3 is 5.32 Å². The first-order valence-corrected chi connectivity index (χ1v) is 10.5. The van der Waals surface area contributed by atoms with Crippen molar-refractivity contribution in [1.82, 2.24) is 9.97 Å². The summed E-state index contributed by atoms with van der Waals surface area (Å²) in [5.41, 5.74) is 2.28. The van der Waals surface area contributed by atoms with E-state index in [4.69, 9.17) is 0 Å². The maximum Gasteiger partial charge on any atom is 0.264 e. The summed E-state index contributed by atoms with van der Waals surface area (Å²) in [5.74, 6) is -0.284. The first kappa shape index (κ1) is 20.0. The van der Waals surface area contributed by atoms with Gasteiger partial charge in [0.1, 0.15) is 0 Å². The van der Waals surface area contributed by atoms with Gasteiger partial charge in [-0.2, -0.15) is 0 Å². The Hall–Kier alpha value is -2.78. The largest absolute Gasteiger partial charge is 0.322 e. The molecule has 9 heteroatoms. The van der Waals surface area contributed by atoms with E-state index in [0.29, 0.717) is 27.1 Å². The molecule has 0 bridgehead atoms. The van der Waals surface area contributed by atoms with Crippen LogP contribution in [-0.4, -0.2) is 24.3 Å². The Kier molecular flexibility index (Phi) is 5.76. The number of hydrogen-bond donors (Lipinski definition) is 2. The lowest BCUT2D eigenvalue weighted by Gasteiger charge is -2.10. The Morgan fingerprint density at radius 3 is 2.18 bits per heavy atom. The molecule has 0 atom stereocenters. The fraction of sp³-hybridized carbons (Fsp3) is 0.105. The zero-order valence-electron chi connectivity index (χ0n) is 15.1. The van der Waals surface area contributed by atoms with Crippen molar-refractivity contribution in [3.63, 3.8) is 0 Å². The molecule has 7 nitrogen and oxygen atoms in total. The average molecular weight is 461 g/mol. The van der Waals surface area contributed by atoms with E-state index in [-0.39, 0.29) is 16.8 Å². The fourth-order valence-electron chi connectivity index (χ4n) is 2.51. The number of sulfonamides is 1. The molecule has 144 valence electrons. The van der Waals surface area contributed by atoms with Crippen molar-refractivity contribution in [2.24, 2.45) is 0 Å². The molecule has 0 radical (unpaired) electrons. The predicted molar refractivity (Wildman–Crippen MR) is 111 cm³/mol. The third kappa shape index (κ3) is 4.73. The molecule has 1 aromatic heterocycles. The maximum atomic E-state index is 12.5. The molecule has 2 N–H and O–H groups in total. The highest BCUT2D eigenvalue weighted by Gasteiger charge is 2.17. The molecule has 1 heterocycles. The van der Waals surface area contributed by atoms with Gasteiger partial charge in [0.15, 0.2) is 0 Å². The average Bonchev–Trinajstić information content (AvgIpc) is 2.61. The lowest BCUT2D eigenvalue weighted by molar-refractivity contribution is 0.102. The van der Waals surface area contributed by atoms with Crippen molar-refractivity contribution in [2.45, 2.75) is 18.7 Å². The van der Waals surface area contributed by atoms with Gasteiger partial charge >= 0.3 is 0 Å². The summed E-state index contributed by atoms with van der Waals surface area (Å²) in [6, 6.07) is 14.6. The van der Waals surface area contributed by atoms with Gasteiger partial charge in [-0.15, -0.1) is 0 Å². The Morgan fingerprint density at radius 2 is 1.57 bits per heavy atom. The number of nitrogens with zero attached hydrogens (tertiary/aromatic N) is 2. The number of hydrogen-bond acceptors (Lipinski definition) is 5. The van der Waals surface area contributed by atoms with Gasteiger partial charge in [0.2, 0.25) is 5.95 Å². The standard InChI is InChI=1S/C19H17BrN4O3S/c1-12-11-13(2)22-19(21-12)24-28(26,27)15-9-7-14(8-10-15)23-18(25)16-5-3-4-6-17(16)20/h3-11H,1-2H3,(H,23,25)(H,21,22,24). The van der Waals surface area contributed by atoms with Crippen LogP contribution in [0.4, 0.5) is 11.6 Å².